The van der Waals surface area contributed by atoms with Gasteiger partial charge in [-0.25, -0.2) is 4.79 Å². The number of anilines is 1. The monoisotopic (exact) mass is 287 g/mol. The average Bonchev–Trinajstić information content (AvgIpc) is 2.39. The van der Waals surface area contributed by atoms with Crippen LogP contribution < -0.4 is 16.0 Å². The van der Waals surface area contributed by atoms with E-state index in [-0.39, 0.29) is 11.7 Å². The molecule has 3 N–H and O–H groups in total. The molecule has 2 rings (SSSR count). The molecule has 1 aliphatic rings. The highest BCUT2D eigenvalue weighted by Crippen LogP contribution is 2.34. The minimum Gasteiger partial charge on any atom is -0.334 e. The molecule has 1 saturated heterocycles. The van der Waals surface area contributed by atoms with E-state index in [0.717, 1.165) is 25.5 Å². The van der Waals surface area contributed by atoms with E-state index in [0.29, 0.717) is 6.54 Å². The summed E-state index contributed by atoms with van der Waals surface area (Å²) in [5.74, 6) is 0. The van der Waals surface area contributed by atoms with Gasteiger partial charge in [0, 0.05) is 12.6 Å². The van der Waals surface area contributed by atoms with Crippen molar-refractivity contribution in [1.29, 1.82) is 0 Å². The smallest absolute Gasteiger partial charge is 0.334 e. The molecule has 0 radical (unpaired) electrons. The number of halogens is 3. The minimum atomic E-state index is -4.49. The molecule has 110 valence electrons. The highest BCUT2D eigenvalue weighted by molar-refractivity contribution is 5.90. The summed E-state index contributed by atoms with van der Waals surface area (Å²) in [6.07, 6.45) is -2.73. The number of rotatable bonds is 2. The lowest BCUT2D eigenvalue weighted by Gasteiger charge is -2.24. The van der Waals surface area contributed by atoms with Crippen molar-refractivity contribution < 1.29 is 18.0 Å². The van der Waals surface area contributed by atoms with Crippen LogP contribution >= 0.6 is 0 Å². The summed E-state index contributed by atoms with van der Waals surface area (Å²) < 4.78 is 38.3. The zero-order valence-electron chi connectivity index (χ0n) is 10.8. The Hall–Kier alpha value is -1.76. The van der Waals surface area contributed by atoms with E-state index in [1.165, 1.54) is 18.2 Å². The fourth-order valence-corrected chi connectivity index (χ4v) is 2.16. The van der Waals surface area contributed by atoms with Gasteiger partial charge in [0.25, 0.3) is 0 Å². The number of urea groups is 1. The van der Waals surface area contributed by atoms with Gasteiger partial charge in [-0.05, 0) is 31.5 Å². The molecule has 0 saturated carbocycles. The highest BCUT2D eigenvalue weighted by atomic mass is 19.4. The Balaban J connectivity index is 2.00. The third-order valence-corrected chi connectivity index (χ3v) is 3.11. The molecule has 0 spiro atoms. The van der Waals surface area contributed by atoms with Crippen molar-refractivity contribution in [3.05, 3.63) is 29.8 Å². The van der Waals surface area contributed by atoms with Gasteiger partial charge in [0.2, 0.25) is 0 Å². The van der Waals surface area contributed by atoms with Crippen LogP contribution in [0.2, 0.25) is 0 Å². The van der Waals surface area contributed by atoms with Crippen LogP contribution in [0.5, 0.6) is 0 Å². The summed E-state index contributed by atoms with van der Waals surface area (Å²) in [5, 5.41) is 8.05. The predicted molar refractivity (Wildman–Crippen MR) is 69.5 cm³/mol. The van der Waals surface area contributed by atoms with Gasteiger partial charge in [-0.3, -0.25) is 0 Å². The molecule has 1 atom stereocenters. The van der Waals surface area contributed by atoms with E-state index in [9.17, 15) is 18.0 Å². The normalized spacial score (nSPS) is 19.4. The molecule has 1 aromatic rings. The molecule has 0 aliphatic carbocycles. The number of nitrogens with one attached hydrogen (secondary N) is 3. The standard InChI is InChI=1S/C13H16F3N3O/c14-13(15,16)10-5-1-2-6-11(10)19-12(20)18-9-4-3-7-17-8-9/h1-2,5-6,9,17H,3-4,7-8H2,(H2,18,19,20)/t9-/m0/s1. The Kier molecular flexibility index (Phi) is 4.49. The molecular formula is C13H16F3N3O. The lowest BCUT2D eigenvalue weighted by atomic mass is 10.1. The summed E-state index contributed by atoms with van der Waals surface area (Å²) in [7, 11) is 0. The molecule has 0 bridgehead atoms. The van der Waals surface area contributed by atoms with Crippen molar-refractivity contribution >= 4 is 11.7 Å². The first-order valence-corrected chi connectivity index (χ1v) is 6.41. The number of piperidine rings is 1. The van der Waals surface area contributed by atoms with Gasteiger partial charge in [0.05, 0.1) is 11.3 Å². The Morgan fingerprint density at radius 2 is 2.05 bits per heavy atom. The van der Waals surface area contributed by atoms with Gasteiger partial charge in [0.15, 0.2) is 0 Å². The largest absolute Gasteiger partial charge is 0.418 e. The fourth-order valence-electron chi connectivity index (χ4n) is 2.16. The van der Waals surface area contributed by atoms with E-state index in [1.807, 2.05) is 0 Å². The topological polar surface area (TPSA) is 53.2 Å². The van der Waals surface area contributed by atoms with E-state index < -0.39 is 17.8 Å². The molecule has 4 nitrogen and oxygen atoms in total. The number of para-hydroxylation sites is 1. The maximum atomic E-state index is 12.8. The number of hydrogen-bond acceptors (Lipinski definition) is 2. The zero-order chi connectivity index (χ0) is 14.6. The Bertz CT molecular complexity index is 470. The summed E-state index contributed by atoms with van der Waals surface area (Å²) in [6.45, 7) is 1.53. The summed E-state index contributed by atoms with van der Waals surface area (Å²) >= 11 is 0. The zero-order valence-corrected chi connectivity index (χ0v) is 10.8. The first-order chi connectivity index (χ1) is 9.47. The van der Waals surface area contributed by atoms with Crippen molar-refractivity contribution in [2.75, 3.05) is 18.4 Å². The average molecular weight is 287 g/mol. The van der Waals surface area contributed by atoms with Crippen LogP contribution in [0.4, 0.5) is 23.7 Å². The van der Waals surface area contributed by atoms with E-state index in [2.05, 4.69) is 16.0 Å². The molecule has 0 unspecified atom stereocenters. The molecule has 20 heavy (non-hydrogen) atoms. The number of carbonyl (C=O) groups is 1. The van der Waals surface area contributed by atoms with Gasteiger partial charge in [-0.15, -0.1) is 0 Å². The van der Waals surface area contributed by atoms with Gasteiger partial charge in [-0.2, -0.15) is 13.2 Å². The maximum absolute atomic E-state index is 12.8. The lowest BCUT2D eigenvalue weighted by Crippen LogP contribution is -2.47. The Morgan fingerprint density at radius 1 is 1.30 bits per heavy atom. The Labute approximate surface area is 114 Å². The van der Waals surface area contributed by atoms with Gasteiger partial charge in [0.1, 0.15) is 0 Å². The van der Waals surface area contributed by atoms with Crippen LogP contribution in [0.15, 0.2) is 24.3 Å². The number of alkyl halides is 3. The second-order valence-corrected chi connectivity index (χ2v) is 4.69. The third kappa shape index (κ3) is 3.86. The fraction of sp³-hybridized carbons (Fsp3) is 0.462. The van der Waals surface area contributed by atoms with E-state index in [1.54, 1.807) is 0 Å². The molecule has 1 heterocycles. The van der Waals surface area contributed by atoms with Gasteiger partial charge >= 0.3 is 12.2 Å². The van der Waals surface area contributed by atoms with E-state index >= 15 is 0 Å². The van der Waals surface area contributed by atoms with Gasteiger partial charge < -0.3 is 16.0 Å². The molecule has 1 aromatic carbocycles. The summed E-state index contributed by atoms with van der Waals surface area (Å²) in [5.41, 5.74) is -1.09. The first-order valence-electron chi connectivity index (χ1n) is 6.41. The summed E-state index contributed by atoms with van der Waals surface area (Å²) in [6, 6.07) is 4.25. The van der Waals surface area contributed by atoms with Crippen molar-refractivity contribution in [2.45, 2.75) is 25.1 Å². The predicted octanol–water partition coefficient (Wildman–Crippen LogP) is 2.58. The number of carbonyl (C=O) groups excluding carboxylic acids is 1. The number of amides is 2. The summed E-state index contributed by atoms with van der Waals surface area (Å²) in [4.78, 5) is 11.7. The van der Waals surface area contributed by atoms with Crippen molar-refractivity contribution in [2.24, 2.45) is 0 Å². The van der Waals surface area contributed by atoms with Crippen LogP contribution in [0.3, 0.4) is 0 Å². The minimum absolute atomic E-state index is 0.0539. The highest BCUT2D eigenvalue weighted by Gasteiger charge is 2.33. The number of hydrogen-bond donors (Lipinski definition) is 3. The quantitative estimate of drug-likeness (QED) is 0.783. The van der Waals surface area contributed by atoms with Crippen LogP contribution in [-0.2, 0) is 6.18 Å². The van der Waals surface area contributed by atoms with Crippen molar-refractivity contribution in [1.82, 2.24) is 10.6 Å². The molecular weight excluding hydrogens is 271 g/mol. The van der Waals surface area contributed by atoms with Crippen LogP contribution in [0.25, 0.3) is 0 Å². The van der Waals surface area contributed by atoms with Gasteiger partial charge in [-0.1, -0.05) is 12.1 Å². The van der Waals surface area contributed by atoms with E-state index in [4.69, 9.17) is 0 Å². The number of benzene rings is 1. The second-order valence-electron chi connectivity index (χ2n) is 4.69. The molecule has 2 amide bonds. The van der Waals surface area contributed by atoms with Crippen LogP contribution in [0.1, 0.15) is 18.4 Å². The maximum Gasteiger partial charge on any atom is 0.418 e. The van der Waals surface area contributed by atoms with Crippen molar-refractivity contribution in [3.63, 3.8) is 0 Å². The third-order valence-electron chi connectivity index (χ3n) is 3.11. The Morgan fingerprint density at radius 3 is 2.70 bits per heavy atom. The van der Waals surface area contributed by atoms with Crippen molar-refractivity contribution in [3.8, 4) is 0 Å². The second kappa shape index (κ2) is 6.13. The SMILES string of the molecule is O=C(Nc1ccccc1C(F)(F)F)N[C@H]1CCCNC1. The van der Waals surface area contributed by atoms with Crippen LogP contribution in [-0.4, -0.2) is 25.2 Å². The molecule has 7 heteroatoms. The first kappa shape index (κ1) is 14.6. The molecule has 1 aliphatic heterocycles. The molecule has 1 fully saturated rings. The lowest BCUT2D eigenvalue weighted by molar-refractivity contribution is -0.136. The van der Waals surface area contributed by atoms with Crippen LogP contribution in [0, 0.1) is 0 Å². The molecule has 0 aromatic heterocycles.